The summed E-state index contributed by atoms with van der Waals surface area (Å²) < 4.78 is 0. The molecule has 3 unspecified atom stereocenters. The Morgan fingerprint density at radius 2 is 1.67 bits per heavy atom. The minimum absolute atomic E-state index is 0.129. The lowest BCUT2D eigenvalue weighted by atomic mass is 10.0. The highest BCUT2D eigenvalue weighted by atomic mass is 16.2. The number of nitrogens with one attached hydrogen (secondary N) is 3. The van der Waals surface area contributed by atoms with Crippen molar-refractivity contribution in [2.75, 3.05) is 13.6 Å². The second-order valence-corrected chi connectivity index (χ2v) is 8.83. The van der Waals surface area contributed by atoms with Gasteiger partial charge in [0.15, 0.2) is 0 Å². The van der Waals surface area contributed by atoms with Crippen LogP contribution in [0.25, 0.3) is 0 Å². The summed E-state index contributed by atoms with van der Waals surface area (Å²) in [5.74, 6) is -0.830. The summed E-state index contributed by atoms with van der Waals surface area (Å²) >= 11 is 0. The fourth-order valence-electron chi connectivity index (χ4n) is 4.05. The van der Waals surface area contributed by atoms with E-state index in [1.54, 1.807) is 18.9 Å². The van der Waals surface area contributed by atoms with Gasteiger partial charge in [-0.2, -0.15) is 0 Å². The first-order valence-corrected chi connectivity index (χ1v) is 11.5. The van der Waals surface area contributed by atoms with E-state index in [1.165, 1.54) is 0 Å². The average Bonchev–Trinajstić information content (AvgIpc) is 3.21. The molecule has 176 valence electrons. The molecule has 3 amide bonds. The van der Waals surface area contributed by atoms with Crippen LogP contribution in [0.15, 0.2) is 54.6 Å². The van der Waals surface area contributed by atoms with Crippen LogP contribution in [-0.4, -0.2) is 48.3 Å². The van der Waals surface area contributed by atoms with Gasteiger partial charge in [-0.3, -0.25) is 14.4 Å². The van der Waals surface area contributed by atoms with E-state index >= 15 is 0 Å². The molecule has 2 aromatic rings. The van der Waals surface area contributed by atoms with Crippen LogP contribution in [0.5, 0.6) is 0 Å². The Labute approximate surface area is 195 Å². The van der Waals surface area contributed by atoms with Crippen LogP contribution in [0.1, 0.15) is 43.5 Å². The number of carbonyl (C=O) groups is 3. The standard InChI is InChI=1S/C26H34N4O3/c1-17(2)22(29-24(31)18(3)27-4)26(33)30-16-20-12-8-9-13-21(20)23(30)25(32)28-15-14-19-10-6-5-7-11-19/h5-13,17-18,22-23,27H,14-16H2,1-4H3,(H,28,32)(H,29,31). The molecule has 7 nitrogen and oxygen atoms in total. The number of benzene rings is 2. The molecule has 1 aliphatic heterocycles. The summed E-state index contributed by atoms with van der Waals surface area (Å²) in [4.78, 5) is 41.0. The summed E-state index contributed by atoms with van der Waals surface area (Å²) in [5.41, 5.74) is 2.92. The van der Waals surface area contributed by atoms with Gasteiger partial charge in [0, 0.05) is 13.1 Å². The van der Waals surface area contributed by atoms with Crippen LogP contribution in [0, 0.1) is 5.92 Å². The third-order valence-electron chi connectivity index (χ3n) is 6.15. The van der Waals surface area contributed by atoms with Crippen LogP contribution < -0.4 is 16.0 Å². The molecule has 2 aromatic carbocycles. The van der Waals surface area contributed by atoms with E-state index in [4.69, 9.17) is 0 Å². The number of rotatable bonds is 9. The van der Waals surface area contributed by atoms with E-state index in [-0.39, 0.29) is 23.6 Å². The zero-order valence-corrected chi connectivity index (χ0v) is 19.8. The van der Waals surface area contributed by atoms with Crippen molar-refractivity contribution in [2.45, 2.75) is 51.9 Å². The highest BCUT2D eigenvalue weighted by Crippen LogP contribution is 2.34. The molecule has 0 spiro atoms. The maximum absolute atomic E-state index is 13.6. The number of hydrogen-bond donors (Lipinski definition) is 3. The van der Waals surface area contributed by atoms with Gasteiger partial charge in [0.25, 0.3) is 0 Å². The van der Waals surface area contributed by atoms with E-state index in [9.17, 15) is 14.4 Å². The van der Waals surface area contributed by atoms with Crippen LogP contribution in [0.3, 0.4) is 0 Å². The quantitative estimate of drug-likeness (QED) is 0.546. The lowest BCUT2D eigenvalue weighted by Crippen LogP contribution is -2.55. The Morgan fingerprint density at radius 3 is 2.33 bits per heavy atom. The highest BCUT2D eigenvalue weighted by molar-refractivity contribution is 5.94. The lowest BCUT2D eigenvalue weighted by molar-refractivity contribution is -0.144. The molecular weight excluding hydrogens is 416 g/mol. The molecule has 0 saturated heterocycles. The van der Waals surface area contributed by atoms with Crippen LogP contribution >= 0.6 is 0 Å². The van der Waals surface area contributed by atoms with Gasteiger partial charge in [0.1, 0.15) is 12.1 Å². The molecule has 3 rings (SSSR count). The molecule has 33 heavy (non-hydrogen) atoms. The lowest BCUT2D eigenvalue weighted by Gasteiger charge is -2.31. The highest BCUT2D eigenvalue weighted by Gasteiger charge is 2.41. The first kappa shape index (κ1) is 24.5. The summed E-state index contributed by atoms with van der Waals surface area (Å²) in [5, 5.41) is 8.77. The van der Waals surface area contributed by atoms with Crippen LogP contribution in [0.4, 0.5) is 0 Å². The molecule has 0 radical (unpaired) electrons. The first-order chi connectivity index (χ1) is 15.8. The fourth-order valence-corrected chi connectivity index (χ4v) is 4.05. The Kier molecular flexibility index (Phi) is 8.22. The Balaban J connectivity index is 1.78. The predicted molar refractivity (Wildman–Crippen MR) is 128 cm³/mol. The molecule has 0 saturated carbocycles. The van der Waals surface area contributed by atoms with E-state index < -0.39 is 18.1 Å². The summed E-state index contributed by atoms with van der Waals surface area (Å²) in [7, 11) is 1.70. The second-order valence-electron chi connectivity index (χ2n) is 8.83. The van der Waals surface area contributed by atoms with Crippen LogP contribution in [-0.2, 0) is 27.3 Å². The number of hydrogen-bond acceptors (Lipinski definition) is 4. The molecule has 0 bridgehead atoms. The van der Waals surface area contributed by atoms with E-state index in [0.717, 1.165) is 16.7 Å². The largest absolute Gasteiger partial charge is 0.354 e. The minimum Gasteiger partial charge on any atom is -0.354 e. The SMILES string of the molecule is CNC(C)C(=O)NC(C(=O)N1Cc2ccccc2C1C(=O)NCCc1ccccc1)C(C)C. The molecule has 3 N–H and O–H groups in total. The zero-order valence-electron chi connectivity index (χ0n) is 19.8. The van der Waals surface area contributed by atoms with Crippen molar-refractivity contribution >= 4 is 17.7 Å². The van der Waals surface area contributed by atoms with Crippen molar-refractivity contribution in [3.05, 3.63) is 71.3 Å². The topological polar surface area (TPSA) is 90.5 Å². The van der Waals surface area contributed by atoms with Crippen LogP contribution in [0.2, 0.25) is 0 Å². The summed E-state index contributed by atoms with van der Waals surface area (Å²) in [6, 6.07) is 15.7. The smallest absolute Gasteiger partial charge is 0.247 e. The molecular formula is C26H34N4O3. The maximum atomic E-state index is 13.6. The van der Waals surface area contributed by atoms with Gasteiger partial charge in [-0.1, -0.05) is 68.4 Å². The normalized spacial score (nSPS) is 16.8. The van der Waals surface area contributed by atoms with Gasteiger partial charge < -0.3 is 20.9 Å². The monoisotopic (exact) mass is 450 g/mol. The number of amides is 3. The maximum Gasteiger partial charge on any atom is 0.247 e. The fraction of sp³-hybridized carbons (Fsp3) is 0.423. The van der Waals surface area contributed by atoms with Crippen molar-refractivity contribution < 1.29 is 14.4 Å². The Morgan fingerprint density at radius 1 is 1.00 bits per heavy atom. The van der Waals surface area contributed by atoms with Crippen molar-refractivity contribution in [1.29, 1.82) is 0 Å². The molecule has 1 heterocycles. The van der Waals surface area contributed by atoms with Gasteiger partial charge in [-0.05, 0) is 43.0 Å². The summed E-state index contributed by atoms with van der Waals surface area (Å²) in [6.45, 7) is 6.35. The van der Waals surface area contributed by atoms with Gasteiger partial charge in [0.2, 0.25) is 17.7 Å². The van der Waals surface area contributed by atoms with Gasteiger partial charge in [-0.25, -0.2) is 0 Å². The number of nitrogens with zero attached hydrogens (tertiary/aromatic N) is 1. The third-order valence-corrected chi connectivity index (χ3v) is 6.15. The van der Waals surface area contributed by atoms with Crippen molar-refractivity contribution in [3.63, 3.8) is 0 Å². The first-order valence-electron chi connectivity index (χ1n) is 11.5. The molecule has 1 aliphatic rings. The van der Waals surface area contributed by atoms with Gasteiger partial charge >= 0.3 is 0 Å². The average molecular weight is 451 g/mol. The minimum atomic E-state index is -0.720. The van der Waals surface area contributed by atoms with E-state index in [0.29, 0.717) is 19.5 Å². The Hall–Kier alpha value is -3.19. The number of likely N-dealkylation sites (N-methyl/N-ethyl adjacent to an activating group) is 1. The predicted octanol–water partition coefficient (Wildman–Crippen LogP) is 2.18. The third kappa shape index (κ3) is 5.79. The Bertz CT molecular complexity index is 977. The molecule has 0 aliphatic carbocycles. The van der Waals surface area contributed by atoms with Crippen molar-refractivity contribution in [3.8, 4) is 0 Å². The molecule has 7 heteroatoms. The number of fused-ring (bicyclic) bond motifs is 1. The zero-order chi connectivity index (χ0) is 24.0. The van der Waals surface area contributed by atoms with E-state index in [1.807, 2.05) is 68.4 Å². The molecule has 0 aromatic heterocycles. The molecule has 0 fully saturated rings. The van der Waals surface area contributed by atoms with Gasteiger partial charge in [0.05, 0.1) is 6.04 Å². The second kappa shape index (κ2) is 11.1. The van der Waals surface area contributed by atoms with Crippen molar-refractivity contribution in [1.82, 2.24) is 20.9 Å². The van der Waals surface area contributed by atoms with Gasteiger partial charge in [-0.15, -0.1) is 0 Å². The molecule has 3 atom stereocenters. The van der Waals surface area contributed by atoms with E-state index in [2.05, 4.69) is 16.0 Å². The van der Waals surface area contributed by atoms with Crippen molar-refractivity contribution in [2.24, 2.45) is 5.92 Å². The summed E-state index contributed by atoms with van der Waals surface area (Å²) in [6.07, 6.45) is 0.710. The number of carbonyl (C=O) groups excluding carboxylic acids is 3.